The third-order valence-corrected chi connectivity index (χ3v) is 0.847. The van der Waals surface area contributed by atoms with Gasteiger partial charge < -0.3 is 16.6 Å². The van der Waals surface area contributed by atoms with E-state index in [1.807, 2.05) is 0 Å². The van der Waals surface area contributed by atoms with E-state index in [0.717, 1.165) is 0 Å². The summed E-state index contributed by atoms with van der Waals surface area (Å²) in [5.74, 6) is 4.15. The van der Waals surface area contributed by atoms with Gasteiger partial charge in [-0.05, 0) is 0 Å². The van der Waals surface area contributed by atoms with Gasteiger partial charge in [-0.2, -0.15) is 5.11 Å². The summed E-state index contributed by atoms with van der Waals surface area (Å²) < 4.78 is 0. The van der Waals surface area contributed by atoms with Crippen molar-refractivity contribution in [2.45, 2.75) is 0 Å². The van der Waals surface area contributed by atoms with Crippen LogP contribution in [0.15, 0.2) is 22.7 Å². The minimum Gasteiger partial charge on any atom is -0.363 e. The molecule has 12 heavy (non-hydrogen) atoms. The molecule has 1 aromatic heterocycles. The maximum Gasteiger partial charge on any atom is 0.284 e. The predicted molar refractivity (Wildman–Crippen MR) is 42.1 cm³/mol. The van der Waals surface area contributed by atoms with Crippen molar-refractivity contribution in [1.29, 1.82) is 0 Å². The van der Waals surface area contributed by atoms with Crippen LogP contribution in [0.2, 0.25) is 0 Å². The van der Waals surface area contributed by atoms with Crippen LogP contribution in [0.1, 0.15) is 10.6 Å². The average Bonchev–Trinajstić information content (AvgIpc) is 2.57. The van der Waals surface area contributed by atoms with Crippen molar-refractivity contribution < 1.29 is 4.79 Å². The molecular formula is C5H10N6O. The molecule has 1 heterocycles. The zero-order valence-electron chi connectivity index (χ0n) is 6.56. The molecule has 0 aliphatic carbocycles. The van der Waals surface area contributed by atoms with E-state index in [-0.39, 0.29) is 5.82 Å². The SMILES string of the molecule is CN=NN.NC(=O)c1ncc[nH]1. The monoisotopic (exact) mass is 170 g/mol. The molecule has 0 saturated heterocycles. The molecule has 0 unspecified atom stereocenters. The van der Waals surface area contributed by atoms with Gasteiger partial charge in [-0.15, -0.1) is 0 Å². The maximum atomic E-state index is 10.2. The second-order valence-corrected chi connectivity index (χ2v) is 1.62. The number of carbonyl (C=O) groups is 1. The molecule has 1 rings (SSSR count). The van der Waals surface area contributed by atoms with Crippen LogP contribution in [0.5, 0.6) is 0 Å². The fraction of sp³-hybridized carbons (Fsp3) is 0.200. The molecule has 0 aliphatic rings. The lowest BCUT2D eigenvalue weighted by Crippen LogP contribution is -2.12. The minimum atomic E-state index is -0.532. The van der Waals surface area contributed by atoms with Crippen molar-refractivity contribution in [3.63, 3.8) is 0 Å². The number of imidazole rings is 1. The molecule has 7 nitrogen and oxygen atoms in total. The second kappa shape index (κ2) is 5.83. The third-order valence-electron chi connectivity index (χ3n) is 0.847. The summed E-state index contributed by atoms with van der Waals surface area (Å²) in [5.41, 5.74) is 4.83. The van der Waals surface area contributed by atoms with Gasteiger partial charge >= 0.3 is 0 Å². The third kappa shape index (κ3) is 3.99. The number of aromatic nitrogens is 2. The molecule has 0 fully saturated rings. The molecule has 66 valence electrons. The molecule has 0 saturated carbocycles. The zero-order valence-corrected chi connectivity index (χ0v) is 6.56. The van der Waals surface area contributed by atoms with Gasteiger partial charge in [0.25, 0.3) is 5.91 Å². The molecule has 0 aromatic carbocycles. The predicted octanol–water partition coefficient (Wildman–Crippen LogP) is -0.549. The van der Waals surface area contributed by atoms with Crippen molar-refractivity contribution in [1.82, 2.24) is 9.97 Å². The Morgan fingerprint density at radius 1 is 1.75 bits per heavy atom. The van der Waals surface area contributed by atoms with Crippen molar-refractivity contribution in [3.8, 4) is 0 Å². The molecule has 0 spiro atoms. The van der Waals surface area contributed by atoms with E-state index in [1.165, 1.54) is 13.2 Å². The number of nitrogens with zero attached hydrogens (tertiary/aromatic N) is 3. The topological polar surface area (TPSA) is 123 Å². The lowest BCUT2D eigenvalue weighted by molar-refractivity contribution is 0.0991. The van der Waals surface area contributed by atoms with Gasteiger partial charge in [-0.1, -0.05) is 5.22 Å². The van der Waals surface area contributed by atoms with Gasteiger partial charge in [-0.3, -0.25) is 4.79 Å². The van der Waals surface area contributed by atoms with Crippen molar-refractivity contribution in [2.24, 2.45) is 21.9 Å². The number of primary amides is 1. The molecule has 7 heteroatoms. The van der Waals surface area contributed by atoms with Crippen LogP contribution in [0, 0.1) is 0 Å². The number of nitrogens with two attached hydrogens (primary N) is 2. The molecule has 0 atom stereocenters. The Labute approximate surface area is 68.9 Å². The van der Waals surface area contributed by atoms with Crippen LogP contribution < -0.4 is 11.6 Å². The summed E-state index contributed by atoms with van der Waals surface area (Å²) in [6, 6.07) is 0. The second-order valence-electron chi connectivity index (χ2n) is 1.62. The number of aromatic amines is 1. The summed E-state index contributed by atoms with van der Waals surface area (Å²) in [4.78, 5) is 16.3. The summed E-state index contributed by atoms with van der Waals surface area (Å²) >= 11 is 0. The number of H-pyrrole nitrogens is 1. The number of amides is 1. The molecular weight excluding hydrogens is 160 g/mol. The van der Waals surface area contributed by atoms with E-state index in [9.17, 15) is 4.79 Å². The van der Waals surface area contributed by atoms with Crippen LogP contribution in [-0.4, -0.2) is 22.9 Å². The lowest BCUT2D eigenvalue weighted by atomic mass is 10.6. The van der Waals surface area contributed by atoms with Crippen molar-refractivity contribution in [2.75, 3.05) is 7.05 Å². The molecule has 5 N–H and O–H groups in total. The number of rotatable bonds is 1. The van der Waals surface area contributed by atoms with Crippen LogP contribution in [0.4, 0.5) is 0 Å². The van der Waals surface area contributed by atoms with E-state index in [4.69, 9.17) is 5.73 Å². The standard InChI is InChI=1S/C4H5N3O.CH5N3/c5-3(8)4-6-1-2-7-4;1-3-4-2/h1-2H,(H2,5,8)(H,6,7);1H3,(H2,2,3). The first-order chi connectivity index (χ1) is 5.72. The number of nitrogens with one attached hydrogen (secondary N) is 1. The largest absolute Gasteiger partial charge is 0.363 e. The van der Waals surface area contributed by atoms with E-state index < -0.39 is 5.91 Å². The van der Waals surface area contributed by atoms with Crippen LogP contribution in [-0.2, 0) is 0 Å². The summed E-state index contributed by atoms with van der Waals surface area (Å²) in [7, 11) is 1.51. The number of hydrogen-bond donors (Lipinski definition) is 3. The Hall–Kier alpha value is -1.92. The van der Waals surface area contributed by atoms with E-state index >= 15 is 0 Å². The normalized spacial score (nSPS) is 9.08. The first-order valence-electron chi connectivity index (χ1n) is 3.00. The Morgan fingerprint density at radius 3 is 2.50 bits per heavy atom. The molecule has 0 bridgehead atoms. The zero-order chi connectivity index (χ0) is 9.40. The number of hydrogen-bond acceptors (Lipinski definition) is 4. The highest BCUT2D eigenvalue weighted by Crippen LogP contribution is 1.82. The summed E-state index contributed by atoms with van der Waals surface area (Å²) in [6.45, 7) is 0. The Bertz CT molecular complexity index is 236. The first-order valence-corrected chi connectivity index (χ1v) is 3.00. The van der Waals surface area contributed by atoms with Crippen molar-refractivity contribution in [3.05, 3.63) is 18.2 Å². The Kier molecular flexibility index (Phi) is 4.90. The van der Waals surface area contributed by atoms with Gasteiger partial charge in [0.15, 0.2) is 5.82 Å². The average molecular weight is 170 g/mol. The van der Waals surface area contributed by atoms with Crippen LogP contribution >= 0.6 is 0 Å². The Morgan fingerprint density at radius 2 is 2.33 bits per heavy atom. The highest BCUT2D eigenvalue weighted by atomic mass is 16.1. The van der Waals surface area contributed by atoms with Gasteiger partial charge in [0.05, 0.1) is 7.05 Å². The lowest BCUT2D eigenvalue weighted by Gasteiger charge is -1.80. The maximum absolute atomic E-state index is 10.2. The molecule has 1 aromatic rings. The van der Waals surface area contributed by atoms with E-state index in [0.29, 0.717) is 0 Å². The summed E-state index contributed by atoms with van der Waals surface area (Å²) in [5, 5.41) is 6.00. The summed E-state index contributed by atoms with van der Waals surface area (Å²) in [6.07, 6.45) is 3.01. The van der Waals surface area contributed by atoms with E-state index in [2.05, 4.69) is 26.1 Å². The smallest absolute Gasteiger partial charge is 0.284 e. The quantitative estimate of drug-likeness (QED) is 0.297. The highest BCUT2D eigenvalue weighted by Gasteiger charge is 1.97. The Balaban J connectivity index is 0.000000261. The first kappa shape index (κ1) is 10.1. The minimum absolute atomic E-state index is 0.199. The molecule has 1 amide bonds. The van der Waals surface area contributed by atoms with Gasteiger partial charge in [0.1, 0.15) is 0 Å². The number of carbonyl (C=O) groups excluding carboxylic acids is 1. The van der Waals surface area contributed by atoms with E-state index in [1.54, 1.807) is 6.20 Å². The fourth-order valence-electron chi connectivity index (χ4n) is 0.400. The van der Waals surface area contributed by atoms with Crippen LogP contribution in [0.3, 0.4) is 0 Å². The van der Waals surface area contributed by atoms with Crippen LogP contribution in [0.25, 0.3) is 0 Å². The van der Waals surface area contributed by atoms with Gasteiger partial charge in [0, 0.05) is 12.4 Å². The van der Waals surface area contributed by atoms with Crippen molar-refractivity contribution >= 4 is 5.91 Å². The van der Waals surface area contributed by atoms with Gasteiger partial charge in [0.2, 0.25) is 0 Å². The fourth-order valence-corrected chi connectivity index (χ4v) is 0.400. The molecule has 0 aliphatic heterocycles. The van der Waals surface area contributed by atoms with Gasteiger partial charge in [-0.25, -0.2) is 4.98 Å². The molecule has 0 radical (unpaired) electrons. The highest BCUT2D eigenvalue weighted by molar-refractivity contribution is 5.88.